The van der Waals surface area contributed by atoms with Crippen LogP contribution in [-0.4, -0.2) is 25.0 Å². The van der Waals surface area contributed by atoms with Crippen molar-refractivity contribution >= 4 is 11.7 Å². The van der Waals surface area contributed by atoms with Gasteiger partial charge in [0, 0.05) is 19.8 Å². The van der Waals surface area contributed by atoms with Crippen LogP contribution in [0.3, 0.4) is 0 Å². The number of benzene rings is 1. The molecule has 0 saturated carbocycles. The van der Waals surface area contributed by atoms with Crippen molar-refractivity contribution in [2.45, 2.75) is 6.54 Å². The average molecular weight is 270 g/mol. The number of nitrogens with zero attached hydrogens (tertiary/aromatic N) is 2. The van der Waals surface area contributed by atoms with Crippen molar-refractivity contribution in [1.29, 1.82) is 5.41 Å². The molecule has 104 valence electrons. The molecule has 1 aromatic heterocycles. The Balaban J connectivity index is 2.23. The molecule has 0 aliphatic rings. The highest BCUT2D eigenvalue weighted by Gasteiger charge is 2.11. The first-order valence-corrected chi connectivity index (χ1v) is 6.25. The zero-order valence-electron chi connectivity index (χ0n) is 11.6. The van der Waals surface area contributed by atoms with Crippen LogP contribution in [0.4, 0.5) is 5.82 Å². The summed E-state index contributed by atoms with van der Waals surface area (Å²) in [4.78, 5) is 6.28. The van der Waals surface area contributed by atoms with E-state index >= 15 is 0 Å². The second-order valence-corrected chi connectivity index (χ2v) is 4.50. The third-order valence-corrected chi connectivity index (χ3v) is 2.99. The van der Waals surface area contributed by atoms with Crippen LogP contribution in [0, 0.1) is 5.41 Å². The van der Waals surface area contributed by atoms with Crippen molar-refractivity contribution in [3.63, 3.8) is 0 Å². The van der Waals surface area contributed by atoms with Gasteiger partial charge in [-0.25, -0.2) is 4.98 Å². The summed E-state index contributed by atoms with van der Waals surface area (Å²) in [7, 11) is 3.57. The first-order valence-electron chi connectivity index (χ1n) is 6.25. The lowest BCUT2D eigenvalue weighted by atomic mass is 10.2. The smallest absolute Gasteiger partial charge is 0.139 e. The molecule has 2 aromatic rings. The Morgan fingerprint density at radius 1 is 1.35 bits per heavy atom. The second-order valence-electron chi connectivity index (χ2n) is 4.50. The Hall–Kier alpha value is -2.56. The number of hydrogen-bond acceptors (Lipinski definition) is 4. The van der Waals surface area contributed by atoms with Crippen LogP contribution in [0.2, 0.25) is 0 Å². The summed E-state index contributed by atoms with van der Waals surface area (Å²) in [6, 6.07) is 11.4. The predicted octanol–water partition coefficient (Wildman–Crippen LogP) is 2.01. The number of pyridine rings is 1. The number of ether oxygens (including phenoxy) is 1. The maximum atomic E-state index is 7.60. The first kappa shape index (κ1) is 13.9. The molecule has 1 aromatic carbocycles. The van der Waals surface area contributed by atoms with Gasteiger partial charge in [0.15, 0.2) is 0 Å². The van der Waals surface area contributed by atoms with Gasteiger partial charge in [0.2, 0.25) is 0 Å². The summed E-state index contributed by atoms with van der Waals surface area (Å²) in [5.74, 6) is 1.54. The maximum absolute atomic E-state index is 7.60. The number of hydrogen-bond donors (Lipinski definition) is 2. The Labute approximate surface area is 118 Å². The Bertz CT molecular complexity index is 612. The molecule has 0 aliphatic carbocycles. The fourth-order valence-electron chi connectivity index (χ4n) is 2.03. The molecule has 0 spiro atoms. The van der Waals surface area contributed by atoms with Gasteiger partial charge in [-0.2, -0.15) is 0 Å². The highest BCUT2D eigenvalue weighted by atomic mass is 16.5. The molecule has 20 heavy (non-hydrogen) atoms. The van der Waals surface area contributed by atoms with Crippen molar-refractivity contribution in [2.24, 2.45) is 5.73 Å². The minimum absolute atomic E-state index is 0.0191. The van der Waals surface area contributed by atoms with E-state index in [1.165, 1.54) is 0 Å². The van der Waals surface area contributed by atoms with Crippen LogP contribution < -0.4 is 15.4 Å². The Morgan fingerprint density at radius 2 is 2.15 bits per heavy atom. The van der Waals surface area contributed by atoms with Crippen LogP contribution in [0.25, 0.3) is 0 Å². The van der Waals surface area contributed by atoms with Crippen molar-refractivity contribution in [1.82, 2.24) is 4.98 Å². The molecule has 0 amide bonds. The molecule has 0 unspecified atom stereocenters. The van der Waals surface area contributed by atoms with Gasteiger partial charge in [-0.05, 0) is 29.8 Å². The molecule has 3 N–H and O–H groups in total. The molecule has 1 heterocycles. The molecular weight excluding hydrogens is 252 g/mol. The number of anilines is 1. The number of nitrogen functional groups attached to an aromatic ring is 1. The van der Waals surface area contributed by atoms with Crippen LogP contribution >= 0.6 is 0 Å². The predicted molar refractivity (Wildman–Crippen MR) is 80.4 cm³/mol. The standard InChI is InChI=1S/C15H18N4O/c1-19(10-11-5-3-6-12(9-11)20-2)15-13(14(16)17)7-4-8-18-15/h3-9H,10H2,1-2H3,(H3,16,17). The van der Waals surface area contributed by atoms with Gasteiger partial charge in [-0.15, -0.1) is 0 Å². The third-order valence-electron chi connectivity index (χ3n) is 2.99. The summed E-state index contributed by atoms with van der Waals surface area (Å²) >= 11 is 0. The minimum atomic E-state index is 0.0191. The number of methoxy groups -OCH3 is 1. The number of amidine groups is 1. The summed E-state index contributed by atoms with van der Waals surface area (Å²) in [6.45, 7) is 0.661. The second kappa shape index (κ2) is 6.06. The van der Waals surface area contributed by atoms with Crippen molar-refractivity contribution in [3.8, 4) is 5.75 Å². The van der Waals surface area contributed by atoms with Gasteiger partial charge >= 0.3 is 0 Å². The molecule has 0 aliphatic heterocycles. The van der Waals surface area contributed by atoms with E-state index in [2.05, 4.69) is 4.98 Å². The lowest BCUT2D eigenvalue weighted by molar-refractivity contribution is 0.414. The van der Waals surface area contributed by atoms with E-state index in [-0.39, 0.29) is 5.84 Å². The van der Waals surface area contributed by atoms with E-state index in [0.29, 0.717) is 17.9 Å². The van der Waals surface area contributed by atoms with Crippen LogP contribution in [0.15, 0.2) is 42.6 Å². The van der Waals surface area contributed by atoms with Crippen molar-refractivity contribution in [3.05, 3.63) is 53.7 Å². The quantitative estimate of drug-likeness (QED) is 0.643. The summed E-state index contributed by atoms with van der Waals surface area (Å²) in [5, 5.41) is 7.60. The van der Waals surface area contributed by atoms with E-state index in [1.807, 2.05) is 36.2 Å². The van der Waals surface area contributed by atoms with Gasteiger partial charge < -0.3 is 15.4 Å². The van der Waals surface area contributed by atoms with E-state index in [1.54, 1.807) is 25.4 Å². The zero-order chi connectivity index (χ0) is 14.5. The fraction of sp³-hybridized carbons (Fsp3) is 0.200. The topological polar surface area (TPSA) is 75.2 Å². The minimum Gasteiger partial charge on any atom is -0.497 e. The van der Waals surface area contributed by atoms with Crippen molar-refractivity contribution in [2.75, 3.05) is 19.1 Å². The lowest BCUT2D eigenvalue weighted by Gasteiger charge is -2.21. The normalized spacial score (nSPS) is 10.1. The third kappa shape index (κ3) is 3.06. The highest BCUT2D eigenvalue weighted by Crippen LogP contribution is 2.19. The molecule has 0 fully saturated rings. The first-order chi connectivity index (χ1) is 9.61. The van der Waals surface area contributed by atoms with Gasteiger partial charge in [-0.3, -0.25) is 5.41 Å². The van der Waals surface area contributed by atoms with E-state index in [4.69, 9.17) is 15.9 Å². The molecule has 5 heteroatoms. The molecule has 0 radical (unpaired) electrons. The van der Waals surface area contributed by atoms with Crippen LogP contribution in [0.5, 0.6) is 5.75 Å². The number of aromatic nitrogens is 1. The number of nitrogens with two attached hydrogens (primary N) is 1. The summed E-state index contributed by atoms with van der Waals surface area (Å²) < 4.78 is 5.22. The SMILES string of the molecule is COc1cccc(CN(C)c2ncccc2C(=N)N)c1. The largest absolute Gasteiger partial charge is 0.497 e. The molecule has 5 nitrogen and oxygen atoms in total. The summed E-state index contributed by atoms with van der Waals surface area (Å²) in [5.41, 5.74) is 7.33. The number of rotatable bonds is 5. The Kier molecular flexibility index (Phi) is 4.20. The maximum Gasteiger partial charge on any atom is 0.139 e. The van der Waals surface area contributed by atoms with E-state index in [0.717, 1.165) is 11.3 Å². The Morgan fingerprint density at radius 3 is 2.85 bits per heavy atom. The summed E-state index contributed by atoms with van der Waals surface area (Å²) in [6.07, 6.45) is 1.70. The van der Waals surface area contributed by atoms with Gasteiger partial charge in [0.1, 0.15) is 17.4 Å². The molecule has 0 atom stereocenters. The molecule has 0 saturated heterocycles. The monoisotopic (exact) mass is 270 g/mol. The molecule has 0 bridgehead atoms. The molecular formula is C15H18N4O. The van der Waals surface area contributed by atoms with Crippen molar-refractivity contribution < 1.29 is 4.74 Å². The highest BCUT2D eigenvalue weighted by molar-refractivity contribution is 5.99. The van der Waals surface area contributed by atoms with Gasteiger partial charge in [0.25, 0.3) is 0 Å². The fourth-order valence-corrected chi connectivity index (χ4v) is 2.03. The van der Waals surface area contributed by atoms with Crippen LogP contribution in [-0.2, 0) is 6.54 Å². The van der Waals surface area contributed by atoms with Gasteiger partial charge in [-0.1, -0.05) is 12.1 Å². The zero-order valence-corrected chi connectivity index (χ0v) is 11.6. The van der Waals surface area contributed by atoms with Crippen LogP contribution in [0.1, 0.15) is 11.1 Å². The average Bonchev–Trinajstić information content (AvgIpc) is 2.47. The molecule has 2 rings (SSSR count). The van der Waals surface area contributed by atoms with E-state index < -0.39 is 0 Å². The number of nitrogens with one attached hydrogen (secondary N) is 1. The lowest BCUT2D eigenvalue weighted by Crippen LogP contribution is -2.23. The van der Waals surface area contributed by atoms with Gasteiger partial charge in [0.05, 0.1) is 12.7 Å². The van der Waals surface area contributed by atoms with E-state index in [9.17, 15) is 0 Å².